The van der Waals surface area contributed by atoms with E-state index in [4.69, 9.17) is 14.2 Å². The van der Waals surface area contributed by atoms with E-state index in [9.17, 15) is 5.11 Å². The summed E-state index contributed by atoms with van der Waals surface area (Å²) in [6.07, 6.45) is 4.30. The number of aliphatic hydroxyl groups excluding tert-OH is 1. The Bertz CT molecular complexity index is 222. The Morgan fingerprint density at radius 3 is 2.60 bits per heavy atom. The molecule has 0 amide bonds. The highest BCUT2D eigenvalue weighted by Crippen LogP contribution is 2.22. The average molecular weight is 289 g/mol. The highest BCUT2D eigenvalue weighted by atomic mass is 16.5. The largest absolute Gasteiger partial charge is 0.389 e. The maximum absolute atomic E-state index is 9.77. The number of nitrogens with one attached hydrogen (secondary N) is 1. The van der Waals surface area contributed by atoms with E-state index in [1.54, 1.807) is 0 Å². The Balaban J connectivity index is 1.83. The van der Waals surface area contributed by atoms with Crippen molar-refractivity contribution in [2.45, 2.75) is 57.8 Å². The molecule has 0 saturated heterocycles. The minimum absolute atomic E-state index is 0.367. The van der Waals surface area contributed by atoms with Gasteiger partial charge in [-0.15, -0.1) is 0 Å². The van der Waals surface area contributed by atoms with Gasteiger partial charge in [0.2, 0.25) is 0 Å². The smallest absolute Gasteiger partial charge is 0.0897 e. The lowest BCUT2D eigenvalue weighted by atomic mass is 9.89. The van der Waals surface area contributed by atoms with E-state index in [1.165, 1.54) is 0 Å². The standard InChI is InChI=1S/C15H31NO4/c1-3-5-6-18-7-8-19-12-14(17)11-16-13-9-15(10-13)20-4-2/h13-17H,3-12H2,1-2H3. The van der Waals surface area contributed by atoms with E-state index >= 15 is 0 Å². The molecule has 0 heterocycles. The molecule has 1 atom stereocenters. The molecule has 1 saturated carbocycles. The van der Waals surface area contributed by atoms with Gasteiger partial charge in [-0.2, -0.15) is 0 Å². The first-order valence-corrected chi connectivity index (χ1v) is 7.94. The van der Waals surface area contributed by atoms with Crippen LogP contribution in [0.2, 0.25) is 0 Å². The van der Waals surface area contributed by atoms with Crippen LogP contribution in [0.4, 0.5) is 0 Å². The molecule has 1 rings (SSSR count). The topological polar surface area (TPSA) is 60.0 Å². The van der Waals surface area contributed by atoms with Crippen LogP contribution in [0, 0.1) is 0 Å². The van der Waals surface area contributed by atoms with Crippen molar-refractivity contribution >= 4 is 0 Å². The highest BCUT2D eigenvalue weighted by molar-refractivity contribution is 4.86. The molecule has 0 spiro atoms. The molecular weight excluding hydrogens is 258 g/mol. The molecular formula is C15H31NO4. The first-order chi connectivity index (χ1) is 9.76. The lowest BCUT2D eigenvalue weighted by Crippen LogP contribution is -2.48. The van der Waals surface area contributed by atoms with Crippen molar-refractivity contribution in [3.05, 3.63) is 0 Å². The van der Waals surface area contributed by atoms with Crippen molar-refractivity contribution in [3.63, 3.8) is 0 Å². The Morgan fingerprint density at radius 1 is 1.15 bits per heavy atom. The zero-order valence-electron chi connectivity index (χ0n) is 13.0. The van der Waals surface area contributed by atoms with Gasteiger partial charge in [-0.3, -0.25) is 0 Å². The summed E-state index contributed by atoms with van der Waals surface area (Å²) in [7, 11) is 0. The SMILES string of the molecule is CCCCOCCOCC(O)CNC1CC(OCC)C1. The summed E-state index contributed by atoms with van der Waals surface area (Å²) in [4.78, 5) is 0. The summed E-state index contributed by atoms with van der Waals surface area (Å²) in [6.45, 7) is 7.86. The molecule has 1 unspecified atom stereocenters. The molecule has 1 fully saturated rings. The molecule has 5 heteroatoms. The summed E-state index contributed by atoms with van der Waals surface area (Å²) in [5.41, 5.74) is 0. The van der Waals surface area contributed by atoms with Crippen LogP contribution in [0.5, 0.6) is 0 Å². The lowest BCUT2D eigenvalue weighted by Gasteiger charge is -2.36. The normalized spacial score (nSPS) is 23.6. The van der Waals surface area contributed by atoms with Gasteiger partial charge in [0.15, 0.2) is 0 Å². The highest BCUT2D eigenvalue weighted by Gasteiger charge is 2.29. The zero-order valence-corrected chi connectivity index (χ0v) is 13.0. The fourth-order valence-electron chi connectivity index (χ4n) is 2.15. The molecule has 0 radical (unpaired) electrons. The van der Waals surface area contributed by atoms with Crippen molar-refractivity contribution in [3.8, 4) is 0 Å². The van der Waals surface area contributed by atoms with E-state index in [1.807, 2.05) is 6.92 Å². The molecule has 0 aromatic rings. The number of rotatable bonds is 13. The van der Waals surface area contributed by atoms with Crippen LogP contribution in [-0.2, 0) is 14.2 Å². The van der Waals surface area contributed by atoms with Gasteiger partial charge < -0.3 is 24.6 Å². The second-order valence-electron chi connectivity index (χ2n) is 5.35. The Kier molecular flexibility index (Phi) is 10.2. The van der Waals surface area contributed by atoms with Crippen LogP contribution in [0.3, 0.4) is 0 Å². The molecule has 0 aromatic heterocycles. The third-order valence-electron chi connectivity index (χ3n) is 3.46. The van der Waals surface area contributed by atoms with Crippen LogP contribution < -0.4 is 5.32 Å². The van der Waals surface area contributed by atoms with E-state index in [0.717, 1.165) is 38.9 Å². The zero-order chi connectivity index (χ0) is 14.6. The van der Waals surface area contributed by atoms with Crippen LogP contribution in [0.25, 0.3) is 0 Å². The van der Waals surface area contributed by atoms with Gasteiger partial charge in [0.1, 0.15) is 0 Å². The van der Waals surface area contributed by atoms with Gasteiger partial charge in [0.05, 0.1) is 32.0 Å². The van der Waals surface area contributed by atoms with Gasteiger partial charge in [0.25, 0.3) is 0 Å². The molecule has 0 aliphatic heterocycles. The third-order valence-corrected chi connectivity index (χ3v) is 3.46. The molecule has 0 bridgehead atoms. The summed E-state index contributed by atoms with van der Waals surface area (Å²) >= 11 is 0. The second-order valence-corrected chi connectivity index (χ2v) is 5.35. The van der Waals surface area contributed by atoms with Gasteiger partial charge in [-0.05, 0) is 26.2 Å². The van der Waals surface area contributed by atoms with Gasteiger partial charge in [0, 0.05) is 25.8 Å². The van der Waals surface area contributed by atoms with Crippen molar-refractivity contribution < 1.29 is 19.3 Å². The maximum atomic E-state index is 9.77. The fraction of sp³-hybridized carbons (Fsp3) is 1.00. The minimum Gasteiger partial charge on any atom is -0.389 e. The Hall–Kier alpha value is -0.200. The van der Waals surface area contributed by atoms with E-state index in [2.05, 4.69) is 12.2 Å². The van der Waals surface area contributed by atoms with Gasteiger partial charge in [-0.25, -0.2) is 0 Å². The number of hydrogen-bond donors (Lipinski definition) is 2. The molecule has 1 aliphatic rings. The van der Waals surface area contributed by atoms with Crippen molar-refractivity contribution in [1.29, 1.82) is 0 Å². The van der Waals surface area contributed by atoms with Crippen molar-refractivity contribution in [2.24, 2.45) is 0 Å². The molecule has 20 heavy (non-hydrogen) atoms. The monoisotopic (exact) mass is 289 g/mol. The Labute approximate surface area is 123 Å². The molecule has 2 N–H and O–H groups in total. The number of aliphatic hydroxyl groups is 1. The molecule has 0 aromatic carbocycles. The summed E-state index contributed by atoms with van der Waals surface area (Å²) in [6, 6.07) is 0.485. The number of unbranched alkanes of at least 4 members (excludes halogenated alkanes) is 1. The van der Waals surface area contributed by atoms with E-state index in [0.29, 0.717) is 38.5 Å². The molecule has 1 aliphatic carbocycles. The third kappa shape index (κ3) is 8.17. The van der Waals surface area contributed by atoms with Crippen LogP contribution in [-0.4, -0.2) is 62.9 Å². The fourth-order valence-corrected chi connectivity index (χ4v) is 2.15. The Morgan fingerprint density at radius 2 is 1.90 bits per heavy atom. The predicted molar refractivity (Wildman–Crippen MR) is 79.0 cm³/mol. The summed E-state index contributed by atoms with van der Waals surface area (Å²) < 4.78 is 16.3. The number of ether oxygens (including phenoxy) is 3. The lowest BCUT2D eigenvalue weighted by molar-refractivity contribution is -0.0200. The van der Waals surface area contributed by atoms with E-state index in [-0.39, 0.29) is 0 Å². The average Bonchev–Trinajstić information content (AvgIpc) is 2.40. The first-order valence-electron chi connectivity index (χ1n) is 7.94. The second kappa shape index (κ2) is 11.5. The summed E-state index contributed by atoms with van der Waals surface area (Å²) in [5, 5.41) is 13.1. The minimum atomic E-state index is -0.447. The van der Waals surface area contributed by atoms with Crippen molar-refractivity contribution in [2.75, 3.05) is 39.6 Å². The molecule has 5 nitrogen and oxygen atoms in total. The van der Waals surface area contributed by atoms with Crippen LogP contribution in [0.15, 0.2) is 0 Å². The quantitative estimate of drug-likeness (QED) is 0.501. The summed E-state index contributed by atoms with van der Waals surface area (Å²) in [5.74, 6) is 0. The van der Waals surface area contributed by atoms with Gasteiger partial charge >= 0.3 is 0 Å². The molecule has 120 valence electrons. The van der Waals surface area contributed by atoms with Gasteiger partial charge in [-0.1, -0.05) is 13.3 Å². The maximum Gasteiger partial charge on any atom is 0.0897 e. The van der Waals surface area contributed by atoms with Crippen LogP contribution in [0.1, 0.15) is 39.5 Å². The predicted octanol–water partition coefficient (Wildman–Crippen LogP) is 1.34. The number of hydrogen-bond acceptors (Lipinski definition) is 5. The first kappa shape index (κ1) is 17.9. The van der Waals surface area contributed by atoms with E-state index < -0.39 is 6.10 Å². The van der Waals surface area contributed by atoms with Crippen molar-refractivity contribution in [1.82, 2.24) is 5.32 Å². The van der Waals surface area contributed by atoms with Crippen LogP contribution >= 0.6 is 0 Å².